The van der Waals surface area contributed by atoms with Crippen molar-refractivity contribution in [2.24, 2.45) is 0 Å². The van der Waals surface area contributed by atoms with Crippen LogP contribution in [-0.2, 0) is 9.53 Å². The van der Waals surface area contributed by atoms with Gasteiger partial charge in [0.1, 0.15) is 0 Å². The van der Waals surface area contributed by atoms with Gasteiger partial charge in [0.15, 0.2) is 8.32 Å². The molecule has 0 aromatic carbocycles. The Bertz CT molecular complexity index is 117. The second-order valence-corrected chi connectivity index (χ2v) is 7.03. The highest BCUT2D eigenvalue weighted by atomic mass is 28.4. The fourth-order valence-electron chi connectivity index (χ4n) is 0.445. The maximum Gasteiger partial charge on any atom is 0.302 e. The quantitative estimate of drug-likeness (QED) is 0.492. The molecule has 0 aliphatic carbocycles. The number of carbonyl (C=O) groups excluding carboxylic acids is 1. The molecule has 0 rings (SSSR count). The second kappa shape index (κ2) is 3.73. The molecule has 0 unspecified atom stereocenters. The van der Waals surface area contributed by atoms with Gasteiger partial charge in [-0.3, -0.25) is 4.79 Å². The average molecular weight is 162 g/mol. The first kappa shape index (κ1) is 9.65. The van der Waals surface area contributed by atoms with Crippen molar-refractivity contribution in [3.8, 4) is 0 Å². The Labute approximate surface area is 62.1 Å². The Kier molecular flexibility index (Phi) is 3.60. The molecule has 0 heterocycles. The van der Waals surface area contributed by atoms with Crippen molar-refractivity contribution >= 4 is 14.3 Å². The molecule has 0 aliphatic heterocycles. The van der Waals surface area contributed by atoms with Gasteiger partial charge in [-0.15, -0.1) is 0 Å². The zero-order valence-corrected chi connectivity index (χ0v) is 7.68. The van der Waals surface area contributed by atoms with Crippen LogP contribution in [0.3, 0.4) is 0 Å². The number of esters is 1. The van der Waals surface area contributed by atoms with Gasteiger partial charge in [0, 0.05) is 13.0 Å². The Balaban J connectivity index is 3.29. The van der Waals surface area contributed by atoms with Crippen molar-refractivity contribution in [3.05, 3.63) is 0 Å². The van der Waals surface area contributed by atoms with Crippen molar-refractivity contribution < 1.29 is 14.3 Å². The summed E-state index contributed by atoms with van der Waals surface area (Å²) in [5, 5.41) is 0. The molecule has 4 heteroatoms. The Hall–Kier alpha value is -0.353. The molecule has 0 radical (unpaired) electrons. The van der Waals surface area contributed by atoms with Gasteiger partial charge >= 0.3 is 5.97 Å². The summed E-state index contributed by atoms with van der Waals surface area (Å²) >= 11 is 0. The van der Waals surface area contributed by atoms with Gasteiger partial charge in [0.2, 0.25) is 0 Å². The van der Waals surface area contributed by atoms with E-state index in [0.29, 0.717) is 12.7 Å². The summed E-state index contributed by atoms with van der Waals surface area (Å²) in [5.41, 5.74) is 0. The normalized spacial score (nSPS) is 11.2. The Morgan fingerprint density at radius 1 is 1.60 bits per heavy atom. The fraction of sp³-hybridized carbons (Fsp3) is 0.833. The van der Waals surface area contributed by atoms with Gasteiger partial charge in [-0.1, -0.05) is 0 Å². The maximum atomic E-state index is 10.2. The largest absolute Gasteiger partial charge is 0.466 e. The molecule has 1 N–H and O–H groups in total. The molecule has 3 nitrogen and oxygen atoms in total. The summed E-state index contributed by atoms with van der Waals surface area (Å²) in [4.78, 5) is 19.5. The molecule has 0 aromatic heterocycles. The van der Waals surface area contributed by atoms with Crippen LogP contribution in [-0.4, -0.2) is 25.7 Å². The SMILES string of the molecule is CC(=O)OCC[Si](C)(C)O. The summed E-state index contributed by atoms with van der Waals surface area (Å²) in [6, 6.07) is 0.618. The minimum absolute atomic E-state index is 0.279. The third-order valence-electron chi connectivity index (χ3n) is 1.02. The summed E-state index contributed by atoms with van der Waals surface area (Å²) in [6.45, 7) is 5.35. The predicted molar refractivity (Wildman–Crippen MR) is 41.1 cm³/mol. The van der Waals surface area contributed by atoms with Crippen LogP contribution < -0.4 is 0 Å². The Morgan fingerprint density at radius 2 is 2.10 bits per heavy atom. The van der Waals surface area contributed by atoms with Crippen molar-refractivity contribution in [2.75, 3.05) is 6.61 Å². The first-order valence-corrected chi connectivity index (χ1v) is 6.43. The van der Waals surface area contributed by atoms with Crippen LogP contribution in [0.2, 0.25) is 19.1 Å². The molecule has 60 valence electrons. The third-order valence-corrected chi connectivity index (χ3v) is 2.45. The van der Waals surface area contributed by atoms with Gasteiger partial charge in [-0.05, 0) is 13.1 Å². The lowest BCUT2D eigenvalue weighted by Crippen LogP contribution is -2.26. The second-order valence-electron chi connectivity index (χ2n) is 2.90. The van der Waals surface area contributed by atoms with Crippen LogP contribution in [0.15, 0.2) is 0 Å². The molecule has 10 heavy (non-hydrogen) atoms. The average Bonchev–Trinajstić information content (AvgIpc) is 1.59. The molecule has 0 atom stereocenters. The van der Waals surface area contributed by atoms with Crippen molar-refractivity contribution in [1.82, 2.24) is 0 Å². The molecule has 0 bridgehead atoms. The highest BCUT2D eigenvalue weighted by Crippen LogP contribution is 2.03. The van der Waals surface area contributed by atoms with E-state index in [4.69, 9.17) is 0 Å². The molecule has 0 saturated heterocycles. The Morgan fingerprint density at radius 3 is 2.40 bits per heavy atom. The van der Waals surface area contributed by atoms with Gasteiger partial charge < -0.3 is 9.53 Å². The molecule has 0 amide bonds. The third kappa shape index (κ3) is 7.65. The number of hydrogen-bond donors (Lipinski definition) is 1. The van der Waals surface area contributed by atoms with Crippen molar-refractivity contribution in [1.29, 1.82) is 0 Å². The number of rotatable bonds is 3. The van der Waals surface area contributed by atoms with E-state index in [0.717, 1.165) is 0 Å². The lowest BCUT2D eigenvalue weighted by Gasteiger charge is -2.12. The van der Waals surface area contributed by atoms with E-state index in [1.165, 1.54) is 6.92 Å². The van der Waals surface area contributed by atoms with Gasteiger partial charge in [-0.2, -0.15) is 0 Å². The topological polar surface area (TPSA) is 46.5 Å². The molecule has 0 saturated carbocycles. The summed E-state index contributed by atoms with van der Waals surface area (Å²) in [6.07, 6.45) is 0. The van der Waals surface area contributed by atoms with E-state index in [-0.39, 0.29) is 5.97 Å². The monoisotopic (exact) mass is 162 g/mol. The molecular formula is C6H14O3Si. The van der Waals surface area contributed by atoms with E-state index in [1.54, 1.807) is 0 Å². The summed E-state index contributed by atoms with van der Waals surface area (Å²) < 4.78 is 4.65. The maximum absolute atomic E-state index is 10.2. The van der Waals surface area contributed by atoms with Crippen LogP contribution in [0.4, 0.5) is 0 Å². The lowest BCUT2D eigenvalue weighted by molar-refractivity contribution is -0.140. The van der Waals surface area contributed by atoms with Crippen LogP contribution in [0, 0.1) is 0 Å². The van der Waals surface area contributed by atoms with Crippen LogP contribution in [0.1, 0.15) is 6.92 Å². The first-order chi connectivity index (χ1) is 4.42. The van der Waals surface area contributed by atoms with E-state index in [2.05, 4.69) is 4.74 Å². The van der Waals surface area contributed by atoms with Gasteiger partial charge in [0.05, 0.1) is 6.61 Å². The van der Waals surface area contributed by atoms with Crippen LogP contribution in [0.25, 0.3) is 0 Å². The van der Waals surface area contributed by atoms with Gasteiger partial charge in [-0.25, -0.2) is 0 Å². The molecule has 0 aromatic rings. The minimum Gasteiger partial charge on any atom is -0.466 e. The van der Waals surface area contributed by atoms with Crippen LogP contribution in [0.5, 0.6) is 0 Å². The first-order valence-electron chi connectivity index (χ1n) is 3.27. The predicted octanol–water partition coefficient (Wildman–Crippen LogP) is 0.747. The number of hydrogen-bond acceptors (Lipinski definition) is 3. The molecule has 0 aliphatic rings. The lowest BCUT2D eigenvalue weighted by atomic mass is 10.8. The summed E-state index contributed by atoms with van der Waals surface area (Å²) in [5.74, 6) is -0.279. The summed E-state index contributed by atoms with van der Waals surface area (Å²) in [7, 11) is -2.00. The fourth-order valence-corrected chi connectivity index (χ4v) is 1.05. The van der Waals surface area contributed by atoms with Crippen molar-refractivity contribution in [2.45, 2.75) is 26.1 Å². The molecular weight excluding hydrogens is 148 g/mol. The van der Waals surface area contributed by atoms with E-state index < -0.39 is 8.32 Å². The van der Waals surface area contributed by atoms with E-state index in [1.807, 2.05) is 13.1 Å². The smallest absolute Gasteiger partial charge is 0.302 e. The zero-order chi connectivity index (χ0) is 8.20. The number of carbonyl (C=O) groups is 1. The van der Waals surface area contributed by atoms with Crippen molar-refractivity contribution in [3.63, 3.8) is 0 Å². The molecule has 0 fully saturated rings. The zero-order valence-electron chi connectivity index (χ0n) is 6.68. The number of ether oxygens (including phenoxy) is 1. The minimum atomic E-state index is -2.00. The molecule has 0 spiro atoms. The van der Waals surface area contributed by atoms with E-state index >= 15 is 0 Å². The highest BCUT2D eigenvalue weighted by Gasteiger charge is 2.16. The van der Waals surface area contributed by atoms with Gasteiger partial charge in [0.25, 0.3) is 0 Å². The van der Waals surface area contributed by atoms with E-state index in [9.17, 15) is 9.59 Å². The van der Waals surface area contributed by atoms with Crippen LogP contribution >= 0.6 is 0 Å². The standard InChI is InChI=1S/C6H14O3Si/c1-6(7)9-4-5-10(2,3)8/h8H,4-5H2,1-3H3. The highest BCUT2D eigenvalue weighted by molar-refractivity contribution is 6.69.